The molecule has 0 aliphatic carbocycles. The highest BCUT2D eigenvalue weighted by molar-refractivity contribution is 6.26. The van der Waals surface area contributed by atoms with Crippen LogP contribution in [0.25, 0.3) is 5.69 Å². The predicted octanol–water partition coefficient (Wildman–Crippen LogP) is 1.63. The summed E-state index contributed by atoms with van der Waals surface area (Å²) in [6.45, 7) is 1.35. The average Bonchev–Trinajstić information content (AvgIpc) is 3.59. The van der Waals surface area contributed by atoms with Crippen molar-refractivity contribution in [1.82, 2.24) is 24.7 Å². The number of anilines is 2. The van der Waals surface area contributed by atoms with Gasteiger partial charge in [0, 0.05) is 31.7 Å². The Bertz CT molecular complexity index is 1410. The number of fused-ring (bicyclic) bond motifs is 1. The van der Waals surface area contributed by atoms with Gasteiger partial charge in [-0.05, 0) is 47.3 Å². The highest BCUT2D eigenvalue weighted by Gasteiger charge is 2.24. The zero-order valence-corrected chi connectivity index (χ0v) is 21.1. The van der Waals surface area contributed by atoms with E-state index in [4.69, 9.17) is 19.9 Å². The number of rotatable bonds is 10. The molecule has 0 radical (unpaired) electrons. The van der Waals surface area contributed by atoms with Crippen molar-refractivity contribution in [1.29, 1.82) is 0 Å². The molecule has 0 saturated carbocycles. The summed E-state index contributed by atoms with van der Waals surface area (Å²) >= 11 is 0. The molecule has 13 heteroatoms. The van der Waals surface area contributed by atoms with E-state index < -0.39 is 0 Å². The normalized spacial score (nSPS) is 12.2. The fraction of sp³-hybridized carbons (Fsp3) is 0.240. The van der Waals surface area contributed by atoms with Crippen LogP contribution in [0.3, 0.4) is 0 Å². The standard InChI is InChI=1S/C25H27BN8O4/c1-36-22-7-17-13-33(14-18(17)8-23(22)37-2)25-29-6-3-19(32-25)24(35)31-20-11-28-5-4-21(20)34-12-16(10-30-34)9-26-38-15-27/h3-8,10-12,26H,9,13-15,27H2,1-2H3,(H,31,35). The Labute approximate surface area is 220 Å². The first kappa shape index (κ1) is 25.2. The maximum Gasteiger partial charge on any atom is 0.281 e. The lowest BCUT2D eigenvalue weighted by molar-refractivity contribution is 0.102. The second kappa shape index (κ2) is 11.3. The topological polar surface area (TPSA) is 143 Å². The van der Waals surface area contributed by atoms with Crippen LogP contribution in [0.2, 0.25) is 0 Å². The second-order valence-corrected chi connectivity index (χ2v) is 8.54. The number of aromatic nitrogens is 5. The van der Waals surface area contributed by atoms with Crippen LogP contribution in [0.1, 0.15) is 27.2 Å². The first-order chi connectivity index (χ1) is 18.6. The van der Waals surface area contributed by atoms with Gasteiger partial charge in [-0.1, -0.05) is 0 Å². The molecule has 1 aliphatic rings. The highest BCUT2D eigenvalue weighted by atomic mass is 16.5. The highest BCUT2D eigenvalue weighted by Crippen LogP contribution is 2.35. The average molecular weight is 514 g/mol. The molecule has 0 spiro atoms. The van der Waals surface area contributed by atoms with Crippen molar-refractivity contribution in [2.45, 2.75) is 19.4 Å². The number of methoxy groups -OCH3 is 2. The molecule has 4 heterocycles. The Morgan fingerprint density at radius 2 is 1.87 bits per heavy atom. The summed E-state index contributed by atoms with van der Waals surface area (Å²) in [5.41, 5.74) is 9.95. The number of carbonyl (C=O) groups is 1. The maximum absolute atomic E-state index is 13.2. The molecular formula is C25H27BN8O4. The van der Waals surface area contributed by atoms with E-state index in [0.717, 1.165) is 16.7 Å². The van der Waals surface area contributed by atoms with E-state index in [2.05, 4.69) is 25.4 Å². The van der Waals surface area contributed by atoms with Crippen LogP contribution >= 0.6 is 0 Å². The van der Waals surface area contributed by atoms with Crippen LogP contribution in [0, 0.1) is 0 Å². The van der Waals surface area contributed by atoms with E-state index in [1.807, 2.05) is 23.2 Å². The summed E-state index contributed by atoms with van der Waals surface area (Å²) in [6.07, 6.45) is 9.10. The SMILES string of the molecule is COc1cc2c(cc1OC)CN(c1nccc(C(=O)Nc3cnccc3-n3cc(CBOCN)cn3)n1)C2. The number of benzene rings is 1. The van der Waals surface area contributed by atoms with E-state index in [9.17, 15) is 4.79 Å². The Hall–Kier alpha value is -4.49. The summed E-state index contributed by atoms with van der Waals surface area (Å²) in [4.78, 5) is 28.3. The van der Waals surface area contributed by atoms with Crippen molar-refractivity contribution in [3.8, 4) is 17.2 Å². The summed E-state index contributed by atoms with van der Waals surface area (Å²) in [5, 5.41) is 7.32. The number of ether oxygens (including phenoxy) is 2. The number of pyridine rings is 1. The van der Waals surface area contributed by atoms with Gasteiger partial charge < -0.3 is 30.1 Å². The van der Waals surface area contributed by atoms with E-state index in [-0.39, 0.29) is 18.3 Å². The van der Waals surface area contributed by atoms with Crippen molar-refractivity contribution in [2.24, 2.45) is 5.73 Å². The molecule has 5 rings (SSSR count). The fourth-order valence-electron chi connectivity index (χ4n) is 4.26. The molecule has 1 amide bonds. The number of hydrogen-bond donors (Lipinski definition) is 2. The minimum absolute atomic E-state index is 0.174. The minimum atomic E-state index is -0.383. The van der Waals surface area contributed by atoms with E-state index in [0.29, 0.717) is 55.7 Å². The fourth-order valence-corrected chi connectivity index (χ4v) is 4.26. The van der Waals surface area contributed by atoms with Crippen molar-refractivity contribution in [3.05, 3.63) is 77.6 Å². The molecule has 0 atom stereocenters. The number of amides is 1. The van der Waals surface area contributed by atoms with Crippen molar-refractivity contribution in [3.63, 3.8) is 0 Å². The van der Waals surface area contributed by atoms with E-state index in [1.165, 1.54) is 0 Å². The largest absolute Gasteiger partial charge is 0.493 e. The monoisotopic (exact) mass is 514 g/mol. The van der Waals surface area contributed by atoms with Crippen LogP contribution in [0.15, 0.2) is 55.2 Å². The molecule has 0 fully saturated rings. The maximum atomic E-state index is 13.2. The first-order valence-electron chi connectivity index (χ1n) is 12.0. The van der Waals surface area contributed by atoms with Crippen LogP contribution < -0.4 is 25.4 Å². The van der Waals surface area contributed by atoms with Gasteiger partial charge in [0.2, 0.25) is 5.95 Å². The summed E-state index contributed by atoms with van der Waals surface area (Å²) < 4.78 is 17.7. The molecule has 0 bridgehead atoms. The van der Waals surface area contributed by atoms with Gasteiger partial charge in [-0.3, -0.25) is 9.78 Å². The Morgan fingerprint density at radius 3 is 2.58 bits per heavy atom. The smallest absolute Gasteiger partial charge is 0.281 e. The minimum Gasteiger partial charge on any atom is -0.493 e. The lowest BCUT2D eigenvalue weighted by Gasteiger charge is -2.16. The van der Waals surface area contributed by atoms with Gasteiger partial charge in [0.15, 0.2) is 11.5 Å². The molecule has 0 saturated heterocycles. The van der Waals surface area contributed by atoms with Gasteiger partial charge in [-0.25, -0.2) is 14.6 Å². The molecule has 194 valence electrons. The molecule has 3 aromatic heterocycles. The van der Waals surface area contributed by atoms with Crippen molar-refractivity contribution >= 4 is 25.0 Å². The number of nitrogens with one attached hydrogen (secondary N) is 1. The number of hydrogen-bond acceptors (Lipinski definition) is 10. The van der Waals surface area contributed by atoms with Gasteiger partial charge in [0.05, 0.1) is 44.7 Å². The first-order valence-corrected chi connectivity index (χ1v) is 12.0. The van der Waals surface area contributed by atoms with E-state index >= 15 is 0 Å². The lowest BCUT2D eigenvalue weighted by atomic mass is 9.91. The van der Waals surface area contributed by atoms with Crippen molar-refractivity contribution in [2.75, 3.05) is 31.2 Å². The molecule has 0 unspecified atom stereocenters. The number of carbonyl (C=O) groups excluding carboxylic acids is 1. The Balaban J connectivity index is 1.32. The van der Waals surface area contributed by atoms with Crippen LogP contribution in [-0.4, -0.2) is 59.1 Å². The molecule has 12 nitrogen and oxygen atoms in total. The van der Waals surface area contributed by atoms with Gasteiger partial charge >= 0.3 is 0 Å². The second-order valence-electron chi connectivity index (χ2n) is 8.54. The summed E-state index contributed by atoms with van der Waals surface area (Å²) in [7, 11) is 3.72. The third-order valence-corrected chi connectivity index (χ3v) is 6.17. The van der Waals surface area contributed by atoms with Gasteiger partial charge in [0.25, 0.3) is 13.4 Å². The summed E-state index contributed by atoms with van der Waals surface area (Å²) in [6, 6.07) is 7.27. The van der Waals surface area contributed by atoms with Crippen LogP contribution in [0.4, 0.5) is 11.6 Å². The quantitative estimate of drug-likeness (QED) is 0.182. The molecule has 4 aromatic rings. The third kappa shape index (κ3) is 5.29. The molecule has 3 N–H and O–H groups in total. The number of nitrogens with two attached hydrogens (primary N) is 1. The predicted molar refractivity (Wildman–Crippen MR) is 142 cm³/mol. The summed E-state index contributed by atoms with van der Waals surface area (Å²) in [5.74, 6) is 1.41. The molecule has 1 aliphatic heterocycles. The van der Waals surface area contributed by atoms with Gasteiger partial charge in [0.1, 0.15) is 5.69 Å². The molecule has 1 aromatic carbocycles. The van der Waals surface area contributed by atoms with Crippen LogP contribution in [0.5, 0.6) is 11.5 Å². The number of nitrogens with zero attached hydrogens (tertiary/aromatic N) is 6. The Morgan fingerprint density at radius 1 is 1.11 bits per heavy atom. The van der Waals surface area contributed by atoms with Crippen LogP contribution in [-0.2, 0) is 24.1 Å². The Kier molecular flexibility index (Phi) is 7.47. The zero-order chi connectivity index (χ0) is 26.5. The lowest BCUT2D eigenvalue weighted by Crippen LogP contribution is -2.21. The third-order valence-electron chi connectivity index (χ3n) is 6.17. The van der Waals surface area contributed by atoms with Gasteiger partial charge in [-0.2, -0.15) is 5.10 Å². The molecular weight excluding hydrogens is 487 g/mol. The van der Waals surface area contributed by atoms with E-state index in [1.54, 1.807) is 55.8 Å². The zero-order valence-electron chi connectivity index (χ0n) is 21.1. The van der Waals surface area contributed by atoms with Crippen molar-refractivity contribution < 1.29 is 18.9 Å². The molecule has 38 heavy (non-hydrogen) atoms. The van der Waals surface area contributed by atoms with Gasteiger partial charge in [-0.15, -0.1) is 0 Å².